The van der Waals surface area contributed by atoms with Gasteiger partial charge >= 0.3 is 0 Å². The van der Waals surface area contributed by atoms with E-state index in [4.69, 9.17) is 4.74 Å². The van der Waals surface area contributed by atoms with Gasteiger partial charge < -0.3 is 10.1 Å². The van der Waals surface area contributed by atoms with Gasteiger partial charge in [-0.15, -0.1) is 0 Å². The van der Waals surface area contributed by atoms with Crippen molar-refractivity contribution in [2.75, 3.05) is 13.7 Å². The van der Waals surface area contributed by atoms with Crippen molar-refractivity contribution >= 4 is 0 Å². The molecule has 2 nitrogen and oxygen atoms in total. The zero-order valence-electron chi connectivity index (χ0n) is 10.0. The van der Waals surface area contributed by atoms with Crippen LogP contribution in [0.2, 0.25) is 0 Å². The van der Waals surface area contributed by atoms with Crippen molar-refractivity contribution in [1.82, 2.24) is 5.32 Å². The molecule has 0 radical (unpaired) electrons. The minimum atomic E-state index is 0.704. The maximum atomic E-state index is 5.08. The second kappa shape index (κ2) is 6.02. The Hall–Kier alpha value is -0.860. The zero-order valence-corrected chi connectivity index (χ0v) is 10.0. The van der Waals surface area contributed by atoms with Crippen molar-refractivity contribution in [2.45, 2.75) is 32.4 Å². The third-order valence-corrected chi connectivity index (χ3v) is 3.09. The Morgan fingerprint density at radius 3 is 2.50 bits per heavy atom. The van der Waals surface area contributed by atoms with Gasteiger partial charge in [0.1, 0.15) is 0 Å². The summed E-state index contributed by atoms with van der Waals surface area (Å²) < 4.78 is 5.08. The average molecular weight is 219 g/mol. The van der Waals surface area contributed by atoms with E-state index >= 15 is 0 Å². The Kier molecular flexibility index (Phi) is 4.37. The van der Waals surface area contributed by atoms with Crippen LogP contribution in [-0.4, -0.2) is 13.7 Å². The summed E-state index contributed by atoms with van der Waals surface area (Å²) in [6.07, 6.45) is 4.25. The van der Waals surface area contributed by atoms with Crippen molar-refractivity contribution < 1.29 is 4.74 Å². The molecule has 2 rings (SSSR count). The van der Waals surface area contributed by atoms with Crippen molar-refractivity contribution in [2.24, 2.45) is 5.92 Å². The first-order valence-corrected chi connectivity index (χ1v) is 6.16. The monoisotopic (exact) mass is 219 g/mol. The highest BCUT2D eigenvalue weighted by molar-refractivity contribution is 5.21. The molecule has 2 heteroatoms. The fourth-order valence-electron chi connectivity index (χ4n) is 1.87. The van der Waals surface area contributed by atoms with Gasteiger partial charge in [0.15, 0.2) is 0 Å². The first kappa shape index (κ1) is 11.6. The third-order valence-electron chi connectivity index (χ3n) is 3.09. The van der Waals surface area contributed by atoms with E-state index in [1.807, 2.05) is 0 Å². The van der Waals surface area contributed by atoms with Crippen molar-refractivity contribution in [3.8, 4) is 0 Å². The Labute approximate surface area is 98.0 Å². The molecule has 1 aromatic carbocycles. The van der Waals surface area contributed by atoms with Gasteiger partial charge in [0.05, 0.1) is 6.61 Å². The van der Waals surface area contributed by atoms with E-state index in [2.05, 4.69) is 29.6 Å². The molecule has 0 unspecified atom stereocenters. The molecule has 0 heterocycles. The molecule has 0 saturated heterocycles. The highest BCUT2D eigenvalue weighted by Gasteiger charge is 2.19. The molecule has 88 valence electrons. The Morgan fingerprint density at radius 2 is 1.88 bits per heavy atom. The number of hydrogen-bond acceptors (Lipinski definition) is 2. The predicted molar refractivity (Wildman–Crippen MR) is 66.2 cm³/mol. The number of ether oxygens (including phenoxy) is 1. The molecule has 0 spiro atoms. The van der Waals surface area contributed by atoms with E-state index in [1.54, 1.807) is 7.11 Å². The topological polar surface area (TPSA) is 21.3 Å². The van der Waals surface area contributed by atoms with Crippen LogP contribution < -0.4 is 5.32 Å². The van der Waals surface area contributed by atoms with E-state index in [-0.39, 0.29) is 0 Å². The van der Waals surface area contributed by atoms with Crippen LogP contribution in [0.25, 0.3) is 0 Å². The van der Waals surface area contributed by atoms with Crippen LogP contribution in [0.3, 0.4) is 0 Å². The molecular weight excluding hydrogens is 198 g/mol. The Balaban J connectivity index is 1.67. The lowest BCUT2D eigenvalue weighted by Crippen LogP contribution is -2.15. The van der Waals surface area contributed by atoms with Gasteiger partial charge in [-0.2, -0.15) is 0 Å². The number of rotatable bonds is 7. The van der Waals surface area contributed by atoms with E-state index in [0.29, 0.717) is 6.61 Å². The number of nitrogens with one attached hydrogen (secondary N) is 1. The van der Waals surface area contributed by atoms with Crippen LogP contribution in [0.4, 0.5) is 0 Å². The van der Waals surface area contributed by atoms with E-state index in [1.165, 1.54) is 30.4 Å². The fraction of sp³-hybridized carbons (Fsp3) is 0.571. The molecule has 0 aromatic heterocycles. The van der Waals surface area contributed by atoms with Crippen molar-refractivity contribution in [3.63, 3.8) is 0 Å². The lowest BCUT2D eigenvalue weighted by molar-refractivity contribution is 0.185. The molecule has 0 bridgehead atoms. The van der Waals surface area contributed by atoms with Crippen molar-refractivity contribution in [3.05, 3.63) is 35.4 Å². The summed E-state index contributed by atoms with van der Waals surface area (Å²) in [5, 5.41) is 3.49. The summed E-state index contributed by atoms with van der Waals surface area (Å²) in [5.74, 6) is 1.02. The first-order chi connectivity index (χ1) is 7.88. The molecule has 0 amide bonds. The van der Waals surface area contributed by atoms with E-state index in [0.717, 1.165) is 19.0 Å². The number of methoxy groups -OCH3 is 1. The first-order valence-electron chi connectivity index (χ1n) is 6.16. The molecule has 0 aliphatic heterocycles. The highest BCUT2D eigenvalue weighted by Crippen LogP contribution is 2.31. The molecule has 1 aliphatic carbocycles. The predicted octanol–water partition coefficient (Wildman–Crippen LogP) is 2.72. The average Bonchev–Trinajstić information content (AvgIpc) is 3.11. The molecule has 1 aromatic rings. The molecular formula is C14H21NO. The summed E-state index contributed by atoms with van der Waals surface area (Å²) in [5.41, 5.74) is 2.60. The zero-order chi connectivity index (χ0) is 11.2. The van der Waals surface area contributed by atoms with Crippen LogP contribution in [-0.2, 0) is 17.9 Å². The minimum Gasteiger partial charge on any atom is -0.380 e. The van der Waals surface area contributed by atoms with Gasteiger partial charge in [-0.1, -0.05) is 37.1 Å². The van der Waals surface area contributed by atoms with Gasteiger partial charge in [-0.3, -0.25) is 0 Å². The summed E-state index contributed by atoms with van der Waals surface area (Å²) in [4.78, 5) is 0. The van der Waals surface area contributed by atoms with Gasteiger partial charge in [-0.25, -0.2) is 0 Å². The molecule has 16 heavy (non-hydrogen) atoms. The second-order valence-electron chi connectivity index (χ2n) is 4.66. The van der Waals surface area contributed by atoms with Crippen LogP contribution in [0, 0.1) is 5.92 Å². The lowest BCUT2D eigenvalue weighted by atomic mass is 10.1. The second-order valence-corrected chi connectivity index (χ2v) is 4.66. The van der Waals surface area contributed by atoms with Crippen LogP contribution in [0.1, 0.15) is 30.4 Å². The molecule has 0 atom stereocenters. The van der Waals surface area contributed by atoms with Crippen molar-refractivity contribution in [1.29, 1.82) is 0 Å². The summed E-state index contributed by atoms with van der Waals surface area (Å²) >= 11 is 0. The Morgan fingerprint density at radius 1 is 1.19 bits per heavy atom. The maximum absolute atomic E-state index is 5.08. The van der Waals surface area contributed by atoms with Gasteiger partial charge in [0, 0.05) is 13.7 Å². The third kappa shape index (κ3) is 3.95. The van der Waals surface area contributed by atoms with E-state index in [9.17, 15) is 0 Å². The summed E-state index contributed by atoms with van der Waals surface area (Å²) in [6.45, 7) is 2.85. The fourth-order valence-corrected chi connectivity index (χ4v) is 1.87. The van der Waals surface area contributed by atoms with Crippen LogP contribution in [0.5, 0.6) is 0 Å². The normalized spacial score (nSPS) is 15.3. The van der Waals surface area contributed by atoms with E-state index < -0.39 is 0 Å². The smallest absolute Gasteiger partial charge is 0.0713 e. The minimum absolute atomic E-state index is 0.704. The molecule has 1 saturated carbocycles. The largest absolute Gasteiger partial charge is 0.380 e. The molecule has 1 aliphatic rings. The lowest BCUT2D eigenvalue weighted by Gasteiger charge is -2.05. The van der Waals surface area contributed by atoms with Crippen LogP contribution in [0.15, 0.2) is 24.3 Å². The van der Waals surface area contributed by atoms with Gasteiger partial charge in [0.25, 0.3) is 0 Å². The summed E-state index contributed by atoms with van der Waals surface area (Å²) in [7, 11) is 1.73. The van der Waals surface area contributed by atoms with Gasteiger partial charge in [-0.05, 0) is 30.0 Å². The highest BCUT2D eigenvalue weighted by atomic mass is 16.5. The quantitative estimate of drug-likeness (QED) is 0.712. The summed E-state index contributed by atoms with van der Waals surface area (Å²) in [6, 6.07) is 8.64. The number of hydrogen-bond donors (Lipinski definition) is 1. The number of benzene rings is 1. The van der Waals surface area contributed by atoms with Crippen LogP contribution >= 0.6 is 0 Å². The molecule has 1 N–H and O–H groups in total. The SMILES string of the molecule is COCc1ccc(CNCCC2CC2)cc1. The van der Waals surface area contributed by atoms with Gasteiger partial charge in [0.2, 0.25) is 0 Å². The Bertz CT molecular complexity index is 303. The standard InChI is InChI=1S/C14H21NO/c1-16-11-14-6-4-13(5-7-14)10-15-9-8-12-2-3-12/h4-7,12,15H,2-3,8-11H2,1H3. The maximum Gasteiger partial charge on any atom is 0.0713 e. The molecule has 1 fully saturated rings.